The van der Waals surface area contributed by atoms with Gasteiger partial charge >= 0.3 is 5.97 Å². The summed E-state index contributed by atoms with van der Waals surface area (Å²) in [5.74, 6) is 0.000696. The van der Waals surface area contributed by atoms with E-state index >= 15 is 0 Å². The first kappa shape index (κ1) is 11.9. The van der Waals surface area contributed by atoms with Crippen LogP contribution in [0, 0.1) is 5.92 Å². The second kappa shape index (κ2) is 5.19. The number of carbonyl (C=O) groups excluding carboxylic acids is 1. The molecule has 4 nitrogen and oxygen atoms in total. The van der Waals surface area contributed by atoms with Gasteiger partial charge in [-0.2, -0.15) is 0 Å². The van der Waals surface area contributed by atoms with Crippen molar-refractivity contribution < 1.29 is 14.6 Å². The molecule has 2 unspecified atom stereocenters. The van der Waals surface area contributed by atoms with Crippen molar-refractivity contribution in [2.75, 3.05) is 19.7 Å². The largest absolute Gasteiger partial charge is 0.508 e. The summed E-state index contributed by atoms with van der Waals surface area (Å²) in [6.45, 7) is 3.60. The molecule has 1 aromatic rings. The standard InChI is InChI=1S/C13H17NO3/c1-2-17-13(16)12-8-14-7-11(12)9-4-3-5-10(15)6-9/h3-6,11-12,14-15H,2,7-8H2,1H3. The first-order chi connectivity index (χ1) is 8.22. The highest BCUT2D eigenvalue weighted by molar-refractivity contribution is 5.74. The van der Waals surface area contributed by atoms with E-state index in [4.69, 9.17) is 4.74 Å². The van der Waals surface area contributed by atoms with Crippen molar-refractivity contribution in [2.45, 2.75) is 12.8 Å². The SMILES string of the molecule is CCOC(=O)C1CNCC1c1cccc(O)c1. The number of carbonyl (C=O) groups is 1. The minimum atomic E-state index is -0.161. The van der Waals surface area contributed by atoms with Gasteiger partial charge in [-0.05, 0) is 24.6 Å². The highest BCUT2D eigenvalue weighted by atomic mass is 16.5. The highest BCUT2D eigenvalue weighted by Gasteiger charge is 2.35. The van der Waals surface area contributed by atoms with Gasteiger partial charge in [0.05, 0.1) is 12.5 Å². The number of phenolic OH excluding ortho intramolecular Hbond substituents is 1. The first-order valence-corrected chi connectivity index (χ1v) is 5.88. The molecule has 1 aliphatic rings. The second-order valence-electron chi connectivity index (χ2n) is 4.22. The van der Waals surface area contributed by atoms with Crippen LogP contribution in [0.5, 0.6) is 5.75 Å². The van der Waals surface area contributed by atoms with E-state index in [0.29, 0.717) is 13.2 Å². The Morgan fingerprint density at radius 3 is 3.06 bits per heavy atom. The average molecular weight is 235 g/mol. The number of nitrogens with one attached hydrogen (secondary N) is 1. The van der Waals surface area contributed by atoms with Gasteiger partial charge in [0.15, 0.2) is 0 Å². The van der Waals surface area contributed by atoms with Crippen LogP contribution < -0.4 is 5.32 Å². The van der Waals surface area contributed by atoms with Crippen LogP contribution in [0.15, 0.2) is 24.3 Å². The van der Waals surface area contributed by atoms with Crippen LogP contribution in [0.4, 0.5) is 0 Å². The smallest absolute Gasteiger partial charge is 0.310 e. The minimum Gasteiger partial charge on any atom is -0.508 e. The molecule has 1 heterocycles. The Bertz CT molecular complexity index is 405. The van der Waals surface area contributed by atoms with Gasteiger partial charge in [-0.25, -0.2) is 0 Å². The Morgan fingerprint density at radius 1 is 1.53 bits per heavy atom. The van der Waals surface area contributed by atoms with E-state index in [2.05, 4.69) is 5.32 Å². The number of esters is 1. The Hall–Kier alpha value is -1.55. The van der Waals surface area contributed by atoms with E-state index in [9.17, 15) is 9.90 Å². The maximum absolute atomic E-state index is 11.8. The van der Waals surface area contributed by atoms with Crippen molar-refractivity contribution in [3.05, 3.63) is 29.8 Å². The van der Waals surface area contributed by atoms with Gasteiger partial charge < -0.3 is 15.2 Å². The van der Waals surface area contributed by atoms with E-state index in [0.717, 1.165) is 12.1 Å². The maximum Gasteiger partial charge on any atom is 0.310 e. The van der Waals surface area contributed by atoms with Gasteiger partial charge in [0.2, 0.25) is 0 Å². The molecule has 2 rings (SSSR count). The molecule has 0 spiro atoms. The third-order valence-electron chi connectivity index (χ3n) is 3.10. The highest BCUT2D eigenvalue weighted by Crippen LogP contribution is 2.30. The molecule has 1 aliphatic heterocycles. The van der Waals surface area contributed by atoms with E-state index in [1.165, 1.54) is 0 Å². The maximum atomic E-state index is 11.8. The van der Waals surface area contributed by atoms with Gasteiger partial charge in [0.25, 0.3) is 0 Å². The van der Waals surface area contributed by atoms with E-state index < -0.39 is 0 Å². The van der Waals surface area contributed by atoms with Crippen LogP contribution in [-0.2, 0) is 9.53 Å². The van der Waals surface area contributed by atoms with E-state index in [-0.39, 0.29) is 23.6 Å². The summed E-state index contributed by atoms with van der Waals surface area (Å²) < 4.78 is 5.07. The number of ether oxygens (including phenoxy) is 1. The fourth-order valence-electron chi connectivity index (χ4n) is 2.28. The zero-order valence-electron chi connectivity index (χ0n) is 9.85. The van der Waals surface area contributed by atoms with Crippen molar-refractivity contribution in [1.29, 1.82) is 0 Å². The molecule has 0 saturated carbocycles. The Balaban J connectivity index is 2.17. The molecule has 0 radical (unpaired) electrons. The third-order valence-corrected chi connectivity index (χ3v) is 3.10. The minimum absolute atomic E-state index is 0.0844. The number of rotatable bonds is 3. The monoisotopic (exact) mass is 235 g/mol. The average Bonchev–Trinajstić information content (AvgIpc) is 2.78. The number of hydrogen-bond donors (Lipinski definition) is 2. The normalized spacial score (nSPS) is 23.6. The molecule has 17 heavy (non-hydrogen) atoms. The van der Waals surface area contributed by atoms with Crippen molar-refractivity contribution in [1.82, 2.24) is 5.32 Å². The molecule has 0 aromatic heterocycles. The lowest BCUT2D eigenvalue weighted by atomic mass is 9.89. The fourth-order valence-corrected chi connectivity index (χ4v) is 2.28. The second-order valence-corrected chi connectivity index (χ2v) is 4.22. The molecule has 1 saturated heterocycles. The van der Waals surface area contributed by atoms with Crippen molar-refractivity contribution in [3.63, 3.8) is 0 Å². The summed E-state index contributed by atoms with van der Waals surface area (Å²) >= 11 is 0. The topological polar surface area (TPSA) is 58.6 Å². The Morgan fingerprint density at radius 2 is 2.35 bits per heavy atom. The number of aromatic hydroxyl groups is 1. The zero-order chi connectivity index (χ0) is 12.3. The summed E-state index contributed by atoms with van der Waals surface area (Å²) in [6.07, 6.45) is 0. The molecular formula is C13H17NO3. The van der Waals surface area contributed by atoms with Crippen LogP contribution in [0.1, 0.15) is 18.4 Å². The predicted molar refractivity (Wildman–Crippen MR) is 63.8 cm³/mol. The van der Waals surface area contributed by atoms with Crippen LogP contribution >= 0.6 is 0 Å². The van der Waals surface area contributed by atoms with Gasteiger partial charge in [-0.15, -0.1) is 0 Å². The summed E-state index contributed by atoms with van der Waals surface area (Å²) in [5.41, 5.74) is 0.980. The molecule has 1 fully saturated rings. The van der Waals surface area contributed by atoms with E-state index in [1.54, 1.807) is 18.2 Å². The molecule has 1 aromatic carbocycles. The molecule has 0 aliphatic carbocycles. The molecule has 2 atom stereocenters. The number of hydrogen-bond acceptors (Lipinski definition) is 4. The molecule has 0 amide bonds. The first-order valence-electron chi connectivity index (χ1n) is 5.88. The van der Waals surface area contributed by atoms with Gasteiger partial charge in [0, 0.05) is 19.0 Å². The number of benzene rings is 1. The van der Waals surface area contributed by atoms with Crippen LogP contribution in [-0.4, -0.2) is 30.8 Å². The van der Waals surface area contributed by atoms with Crippen molar-refractivity contribution >= 4 is 5.97 Å². The fraction of sp³-hybridized carbons (Fsp3) is 0.462. The summed E-state index contributed by atoms with van der Waals surface area (Å²) in [5, 5.41) is 12.7. The number of phenols is 1. The van der Waals surface area contributed by atoms with Crippen molar-refractivity contribution in [2.24, 2.45) is 5.92 Å². The van der Waals surface area contributed by atoms with Crippen LogP contribution in [0.2, 0.25) is 0 Å². The lowest BCUT2D eigenvalue weighted by Gasteiger charge is -2.17. The zero-order valence-corrected chi connectivity index (χ0v) is 9.85. The molecular weight excluding hydrogens is 218 g/mol. The molecule has 2 N–H and O–H groups in total. The summed E-state index contributed by atoms with van der Waals surface area (Å²) in [7, 11) is 0. The molecule has 92 valence electrons. The lowest BCUT2D eigenvalue weighted by molar-refractivity contribution is -0.147. The lowest BCUT2D eigenvalue weighted by Crippen LogP contribution is -2.24. The van der Waals surface area contributed by atoms with Crippen molar-refractivity contribution in [3.8, 4) is 5.75 Å². The third kappa shape index (κ3) is 2.58. The van der Waals surface area contributed by atoms with Crippen LogP contribution in [0.3, 0.4) is 0 Å². The Kier molecular flexibility index (Phi) is 3.64. The van der Waals surface area contributed by atoms with Gasteiger partial charge in [-0.3, -0.25) is 4.79 Å². The van der Waals surface area contributed by atoms with E-state index in [1.807, 2.05) is 13.0 Å². The summed E-state index contributed by atoms with van der Waals surface area (Å²) in [6, 6.07) is 7.07. The predicted octanol–water partition coefficient (Wildman–Crippen LogP) is 1.26. The molecule has 4 heteroatoms. The van der Waals surface area contributed by atoms with Gasteiger partial charge in [-0.1, -0.05) is 12.1 Å². The summed E-state index contributed by atoms with van der Waals surface area (Å²) in [4.78, 5) is 11.8. The van der Waals surface area contributed by atoms with Gasteiger partial charge in [0.1, 0.15) is 5.75 Å². The molecule has 0 bridgehead atoms. The Labute approximate surface area is 101 Å². The quantitative estimate of drug-likeness (QED) is 0.774. The van der Waals surface area contributed by atoms with Crippen LogP contribution in [0.25, 0.3) is 0 Å².